The molecule has 0 bridgehead atoms. The van der Waals surface area contributed by atoms with Gasteiger partial charge in [0.2, 0.25) is 0 Å². The Hall–Kier alpha value is 0.500. The van der Waals surface area contributed by atoms with Crippen molar-refractivity contribution in [2.45, 2.75) is 12.2 Å². The molecular formula is C3H9O3PS. The molecule has 50 valence electrons. The molecule has 0 spiro atoms. The van der Waals surface area contributed by atoms with E-state index < -0.39 is 7.60 Å². The molecule has 0 saturated carbocycles. The molecule has 1 unspecified atom stereocenters. The van der Waals surface area contributed by atoms with Crippen LogP contribution in [0.15, 0.2) is 0 Å². The maximum atomic E-state index is 10.1. The fourth-order valence-electron chi connectivity index (χ4n) is 0.344. The summed E-state index contributed by atoms with van der Waals surface area (Å²) in [7, 11) is -3.80. The Morgan fingerprint density at radius 3 is 2.12 bits per heavy atom. The first-order valence-electron chi connectivity index (χ1n) is 2.14. The minimum absolute atomic E-state index is 0.143. The smallest absolute Gasteiger partial charge is 0.324 e. The van der Waals surface area contributed by atoms with Gasteiger partial charge >= 0.3 is 7.60 Å². The number of thiol groups is 1. The fourth-order valence-corrected chi connectivity index (χ4v) is 1.67. The molecule has 2 N–H and O–H groups in total. The van der Waals surface area contributed by atoms with Gasteiger partial charge in [-0.05, 0) is 0 Å². The van der Waals surface area contributed by atoms with E-state index in [-0.39, 0.29) is 11.4 Å². The molecule has 1 atom stereocenters. The molecule has 0 radical (unpaired) electrons. The van der Waals surface area contributed by atoms with Gasteiger partial charge in [0.15, 0.2) is 0 Å². The Kier molecular flexibility index (Phi) is 3.05. The van der Waals surface area contributed by atoms with E-state index in [0.29, 0.717) is 0 Å². The molecule has 5 heteroatoms. The quantitative estimate of drug-likeness (QED) is 0.402. The Bertz CT molecular complexity index is 107. The zero-order valence-corrected chi connectivity index (χ0v) is 6.27. The lowest BCUT2D eigenvalue weighted by Gasteiger charge is -2.03. The van der Waals surface area contributed by atoms with Crippen LogP contribution in [-0.2, 0) is 4.57 Å². The highest BCUT2D eigenvalue weighted by molar-refractivity contribution is 7.81. The second-order valence-electron chi connectivity index (χ2n) is 1.70. The summed E-state index contributed by atoms with van der Waals surface area (Å²) in [5, 5.41) is -0.226. The van der Waals surface area contributed by atoms with Crippen LogP contribution in [0.25, 0.3) is 0 Å². The third kappa shape index (κ3) is 6.50. The van der Waals surface area contributed by atoms with Crippen molar-refractivity contribution in [3.05, 3.63) is 0 Å². The van der Waals surface area contributed by atoms with E-state index in [2.05, 4.69) is 12.6 Å². The van der Waals surface area contributed by atoms with Gasteiger partial charge in [-0.3, -0.25) is 4.57 Å². The van der Waals surface area contributed by atoms with Gasteiger partial charge in [0.05, 0.1) is 6.16 Å². The standard InChI is InChI=1S/C3H9O3PS/c1-3(8)2-7(4,5)6/h3,8H,2H2,1H3,(H2,4,5,6). The monoisotopic (exact) mass is 156 g/mol. The lowest BCUT2D eigenvalue weighted by atomic mass is 10.6. The molecule has 0 aromatic heterocycles. The van der Waals surface area contributed by atoms with Crippen molar-refractivity contribution in [1.29, 1.82) is 0 Å². The van der Waals surface area contributed by atoms with Crippen LogP contribution in [0.2, 0.25) is 0 Å². The van der Waals surface area contributed by atoms with Gasteiger partial charge in [-0.25, -0.2) is 0 Å². The van der Waals surface area contributed by atoms with E-state index in [4.69, 9.17) is 9.79 Å². The molecule has 0 rings (SSSR count). The molecule has 0 amide bonds. The Morgan fingerprint density at radius 1 is 1.75 bits per heavy atom. The third-order valence-electron chi connectivity index (χ3n) is 0.502. The Morgan fingerprint density at radius 2 is 2.12 bits per heavy atom. The van der Waals surface area contributed by atoms with Crippen molar-refractivity contribution >= 4 is 20.2 Å². The third-order valence-corrected chi connectivity index (χ3v) is 2.00. The minimum Gasteiger partial charge on any atom is -0.324 e. The molecule has 0 aromatic carbocycles. The van der Waals surface area contributed by atoms with Crippen molar-refractivity contribution in [3.63, 3.8) is 0 Å². The summed E-state index contributed by atoms with van der Waals surface area (Å²) in [4.78, 5) is 16.5. The van der Waals surface area contributed by atoms with Gasteiger partial charge in [0.1, 0.15) is 0 Å². The normalized spacial score (nSPS) is 16.0. The molecule has 0 saturated heterocycles. The summed E-state index contributed by atoms with van der Waals surface area (Å²) < 4.78 is 10.1. The number of hydrogen-bond donors (Lipinski definition) is 3. The second kappa shape index (κ2) is 2.87. The predicted octanol–water partition coefficient (Wildman–Crippen LogP) is 0.482. The highest BCUT2D eigenvalue weighted by Crippen LogP contribution is 2.35. The van der Waals surface area contributed by atoms with Crippen LogP contribution in [0.4, 0.5) is 0 Å². The summed E-state index contributed by atoms with van der Waals surface area (Å²) in [6.45, 7) is 1.64. The van der Waals surface area contributed by atoms with Crippen LogP contribution >= 0.6 is 20.2 Å². The van der Waals surface area contributed by atoms with Crippen LogP contribution in [0.5, 0.6) is 0 Å². The minimum atomic E-state index is -3.80. The van der Waals surface area contributed by atoms with Crippen molar-refractivity contribution in [3.8, 4) is 0 Å². The summed E-state index contributed by atoms with van der Waals surface area (Å²) in [5.74, 6) is 0. The molecule has 0 aliphatic heterocycles. The van der Waals surface area contributed by atoms with Gasteiger partial charge < -0.3 is 9.79 Å². The first-order chi connectivity index (χ1) is 3.42. The summed E-state index contributed by atoms with van der Waals surface area (Å²) in [6, 6.07) is 0. The van der Waals surface area contributed by atoms with E-state index in [0.717, 1.165) is 0 Å². The zero-order valence-electron chi connectivity index (χ0n) is 4.48. The van der Waals surface area contributed by atoms with Crippen molar-refractivity contribution in [2.24, 2.45) is 0 Å². The molecule has 0 aliphatic carbocycles. The van der Waals surface area contributed by atoms with Crippen LogP contribution in [0.3, 0.4) is 0 Å². The molecule has 0 heterocycles. The summed E-state index contributed by atoms with van der Waals surface area (Å²) in [5.41, 5.74) is 0. The number of rotatable bonds is 2. The maximum Gasteiger partial charge on any atom is 0.326 e. The van der Waals surface area contributed by atoms with Crippen LogP contribution in [-0.4, -0.2) is 21.2 Å². The largest absolute Gasteiger partial charge is 0.326 e. The Labute approximate surface area is 53.7 Å². The van der Waals surface area contributed by atoms with Crippen molar-refractivity contribution in [1.82, 2.24) is 0 Å². The van der Waals surface area contributed by atoms with Crippen LogP contribution < -0.4 is 0 Å². The van der Waals surface area contributed by atoms with E-state index in [1.807, 2.05) is 0 Å². The predicted molar refractivity (Wildman–Crippen MR) is 35.4 cm³/mol. The van der Waals surface area contributed by atoms with Gasteiger partial charge in [-0.15, -0.1) is 0 Å². The molecule has 0 aliphatic rings. The lowest BCUT2D eigenvalue weighted by molar-refractivity contribution is 0.373. The zero-order chi connectivity index (χ0) is 6.78. The molecule has 0 aromatic rings. The molecule has 8 heavy (non-hydrogen) atoms. The van der Waals surface area contributed by atoms with Gasteiger partial charge in [0.25, 0.3) is 0 Å². The van der Waals surface area contributed by atoms with Crippen molar-refractivity contribution < 1.29 is 14.4 Å². The molecule has 3 nitrogen and oxygen atoms in total. The summed E-state index contributed by atoms with van der Waals surface area (Å²) in [6.07, 6.45) is -0.143. The van der Waals surface area contributed by atoms with Gasteiger partial charge in [0, 0.05) is 5.25 Å². The van der Waals surface area contributed by atoms with E-state index in [1.165, 1.54) is 0 Å². The van der Waals surface area contributed by atoms with E-state index >= 15 is 0 Å². The first kappa shape index (κ1) is 8.50. The maximum absolute atomic E-state index is 10.1. The van der Waals surface area contributed by atoms with Gasteiger partial charge in [-0.2, -0.15) is 12.6 Å². The van der Waals surface area contributed by atoms with E-state index in [1.54, 1.807) is 6.92 Å². The first-order valence-corrected chi connectivity index (χ1v) is 4.46. The Balaban J connectivity index is 3.56. The van der Waals surface area contributed by atoms with Crippen LogP contribution in [0.1, 0.15) is 6.92 Å². The topological polar surface area (TPSA) is 57.5 Å². The average Bonchev–Trinajstić information content (AvgIpc) is 1.21. The SMILES string of the molecule is CC(S)CP(=O)(O)O. The average molecular weight is 156 g/mol. The number of hydrogen-bond acceptors (Lipinski definition) is 2. The fraction of sp³-hybridized carbons (Fsp3) is 1.00. The highest BCUT2D eigenvalue weighted by Gasteiger charge is 2.14. The van der Waals surface area contributed by atoms with Crippen molar-refractivity contribution in [2.75, 3.05) is 6.16 Å². The van der Waals surface area contributed by atoms with Crippen LogP contribution in [0, 0.1) is 0 Å². The second-order valence-corrected chi connectivity index (χ2v) is 4.27. The molecular weight excluding hydrogens is 147 g/mol. The van der Waals surface area contributed by atoms with Gasteiger partial charge in [-0.1, -0.05) is 6.92 Å². The molecule has 0 fully saturated rings. The highest BCUT2D eigenvalue weighted by atomic mass is 32.1. The lowest BCUT2D eigenvalue weighted by Crippen LogP contribution is -1.99. The van der Waals surface area contributed by atoms with E-state index in [9.17, 15) is 4.57 Å². The summed E-state index contributed by atoms with van der Waals surface area (Å²) >= 11 is 3.80.